The fourth-order valence-electron chi connectivity index (χ4n) is 2.62. The van der Waals surface area contributed by atoms with Crippen molar-refractivity contribution >= 4 is 46.0 Å². The molecule has 0 radical (unpaired) electrons. The van der Waals surface area contributed by atoms with Crippen molar-refractivity contribution in [2.75, 3.05) is 6.26 Å². The zero-order chi connectivity index (χ0) is 18.8. The van der Waals surface area contributed by atoms with Crippen LogP contribution in [-0.2, 0) is 5.75 Å². The Morgan fingerprint density at radius 3 is 2.63 bits per heavy atom. The van der Waals surface area contributed by atoms with Gasteiger partial charge in [-0.3, -0.25) is 0 Å². The Hall–Kier alpha value is -2.02. The van der Waals surface area contributed by atoms with E-state index < -0.39 is 0 Å². The zero-order valence-corrected chi connectivity index (χ0v) is 17.2. The number of pyridine rings is 1. The number of aryl methyl sites for hydroxylation is 1. The van der Waals surface area contributed by atoms with Gasteiger partial charge in [0.25, 0.3) is 5.22 Å². The molecule has 4 rings (SSSR count). The van der Waals surface area contributed by atoms with Gasteiger partial charge in [0.1, 0.15) is 5.15 Å². The van der Waals surface area contributed by atoms with Gasteiger partial charge in [0.2, 0.25) is 5.89 Å². The van der Waals surface area contributed by atoms with Crippen LogP contribution in [0, 0.1) is 6.92 Å². The number of rotatable bonds is 5. The highest BCUT2D eigenvalue weighted by atomic mass is 35.5. The van der Waals surface area contributed by atoms with Crippen LogP contribution in [0.15, 0.2) is 63.1 Å². The minimum Gasteiger partial charge on any atom is -0.411 e. The summed E-state index contributed by atoms with van der Waals surface area (Å²) in [5.41, 5.74) is 3.95. The fourth-order valence-corrected chi connectivity index (χ4v) is 4.08. The molecule has 0 saturated carbocycles. The Morgan fingerprint density at radius 1 is 1.04 bits per heavy atom. The van der Waals surface area contributed by atoms with Crippen molar-refractivity contribution in [2.24, 2.45) is 0 Å². The number of fused-ring (bicyclic) bond motifs is 1. The van der Waals surface area contributed by atoms with E-state index in [-0.39, 0.29) is 0 Å². The molecule has 0 aliphatic carbocycles. The summed E-state index contributed by atoms with van der Waals surface area (Å²) < 4.78 is 5.76. The molecule has 4 nitrogen and oxygen atoms in total. The molecule has 27 heavy (non-hydrogen) atoms. The molecule has 2 heterocycles. The molecule has 7 heteroatoms. The van der Waals surface area contributed by atoms with E-state index in [0.29, 0.717) is 22.0 Å². The first-order valence-corrected chi connectivity index (χ1v) is 10.9. The molecule has 0 aliphatic heterocycles. The first-order valence-electron chi connectivity index (χ1n) is 8.29. The van der Waals surface area contributed by atoms with Crippen molar-refractivity contribution in [3.63, 3.8) is 0 Å². The van der Waals surface area contributed by atoms with Gasteiger partial charge in [-0.25, -0.2) is 4.98 Å². The lowest BCUT2D eigenvalue weighted by atomic mass is 10.1. The summed E-state index contributed by atoms with van der Waals surface area (Å²) in [6, 6.07) is 16.3. The van der Waals surface area contributed by atoms with Gasteiger partial charge in [0.15, 0.2) is 0 Å². The Kier molecular flexibility index (Phi) is 5.38. The number of nitrogens with zero attached hydrogens (tertiary/aromatic N) is 3. The second-order valence-electron chi connectivity index (χ2n) is 6.02. The lowest BCUT2D eigenvalue weighted by Crippen LogP contribution is -1.89. The molecule has 0 amide bonds. The SMILES string of the molecule is CSc1ccc2cc(CSc3nnc(-c4ccc(C)cc4)o3)c(Cl)nc2c1. The quantitative estimate of drug-likeness (QED) is 0.284. The monoisotopic (exact) mass is 413 g/mol. The van der Waals surface area contributed by atoms with E-state index in [4.69, 9.17) is 16.0 Å². The van der Waals surface area contributed by atoms with Crippen LogP contribution in [0.2, 0.25) is 5.15 Å². The predicted molar refractivity (Wildman–Crippen MR) is 113 cm³/mol. The fraction of sp³-hybridized carbons (Fsp3) is 0.150. The standard InChI is InChI=1S/C20H16ClN3OS2/c1-12-3-5-13(6-4-12)19-23-24-20(25-19)27-11-15-9-14-7-8-16(26-2)10-17(14)22-18(15)21/h3-10H,11H2,1-2H3. The summed E-state index contributed by atoms with van der Waals surface area (Å²) in [6.07, 6.45) is 2.04. The normalized spacial score (nSPS) is 11.2. The molecular formula is C20H16ClN3OS2. The molecular weight excluding hydrogens is 398 g/mol. The molecule has 0 fully saturated rings. The number of benzene rings is 2. The van der Waals surface area contributed by atoms with Crippen LogP contribution in [0.3, 0.4) is 0 Å². The average Bonchev–Trinajstić information content (AvgIpc) is 3.15. The minimum atomic E-state index is 0.506. The summed E-state index contributed by atoms with van der Waals surface area (Å²) in [4.78, 5) is 5.70. The van der Waals surface area contributed by atoms with E-state index in [2.05, 4.69) is 39.4 Å². The Balaban J connectivity index is 1.51. The number of aromatic nitrogens is 3. The van der Waals surface area contributed by atoms with Gasteiger partial charge in [-0.05, 0) is 43.5 Å². The molecule has 0 unspecified atom stereocenters. The first-order chi connectivity index (χ1) is 13.1. The first kappa shape index (κ1) is 18.3. The molecule has 0 saturated heterocycles. The van der Waals surface area contributed by atoms with Crippen LogP contribution >= 0.6 is 35.1 Å². The van der Waals surface area contributed by atoms with Gasteiger partial charge in [0.05, 0.1) is 5.52 Å². The van der Waals surface area contributed by atoms with Crippen molar-refractivity contribution < 1.29 is 4.42 Å². The van der Waals surface area contributed by atoms with E-state index in [9.17, 15) is 0 Å². The molecule has 4 aromatic rings. The number of hydrogen-bond acceptors (Lipinski definition) is 6. The third-order valence-electron chi connectivity index (χ3n) is 4.11. The van der Waals surface area contributed by atoms with Gasteiger partial charge >= 0.3 is 0 Å². The van der Waals surface area contributed by atoms with Crippen molar-refractivity contribution in [3.05, 3.63) is 64.8 Å². The van der Waals surface area contributed by atoms with Crippen LogP contribution in [0.4, 0.5) is 0 Å². The van der Waals surface area contributed by atoms with E-state index in [1.807, 2.05) is 37.4 Å². The minimum absolute atomic E-state index is 0.506. The topological polar surface area (TPSA) is 51.8 Å². The highest BCUT2D eigenvalue weighted by Gasteiger charge is 2.12. The van der Waals surface area contributed by atoms with E-state index >= 15 is 0 Å². The Bertz CT molecular complexity index is 1100. The predicted octanol–water partition coefficient (Wildman–Crippen LogP) is 6.26. The summed E-state index contributed by atoms with van der Waals surface area (Å²) in [5.74, 6) is 1.13. The highest BCUT2D eigenvalue weighted by molar-refractivity contribution is 7.98. The van der Waals surface area contributed by atoms with Crippen molar-refractivity contribution in [1.82, 2.24) is 15.2 Å². The second-order valence-corrected chi connectivity index (χ2v) is 8.19. The summed E-state index contributed by atoms with van der Waals surface area (Å²) in [7, 11) is 0. The van der Waals surface area contributed by atoms with E-state index in [0.717, 1.165) is 22.0 Å². The molecule has 0 aliphatic rings. The third-order valence-corrected chi connectivity index (χ3v) is 6.03. The van der Waals surface area contributed by atoms with Crippen LogP contribution in [0.1, 0.15) is 11.1 Å². The van der Waals surface area contributed by atoms with Gasteiger partial charge < -0.3 is 4.42 Å². The van der Waals surface area contributed by atoms with Gasteiger partial charge in [-0.15, -0.1) is 22.0 Å². The average molecular weight is 414 g/mol. The molecule has 2 aromatic carbocycles. The molecule has 2 aromatic heterocycles. The van der Waals surface area contributed by atoms with Crippen LogP contribution in [0.25, 0.3) is 22.4 Å². The smallest absolute Gasteiger partial charge is 0.277 e. The summed E-state index contributed by atoms with van der Waals surface area (Å²) in [5, 5.41) is 10.3. The van der Waals surface area contributed by atoms with E-state index in [1.165, 1.54) is 22.2 Å². The largest absolute Gasteiger partial charge is 0.411 e. The Labute approximate surface area is 170 Å². The zero-order valence-electron chi connectivity index (χ0n) is 14.8. The molecule has 0 atom stereocenters. The number of thioether (sulfide) groups is 2. The molecule has 0 N–H and O–H groups in total. The van der Waals surface area contributed by atoms with Crippen molar-refractivity contribution in [1.29, 1.82) is 0 Å². The third kappa shape index (κ3) is 4.13. The molecule has 0 spiro atoms. The van der Waals surface area contributed by atoms with Gasteiger partial charge in [0, 0.05) is 27.2 Å². The maximum atomic E-state index is 6.38. The van der Waals surface area contributed by atoms with Crippen LogP contribution in [-0.4, -0.2) is 21.4 Å². The maximum Gasteiger partial charge on any atom is 0.277 e. The van der Waals surface area contributed by atoms with Crippen LogP contribution < -0.4 is 0 Å². The summed E-state index contributed by atoms with van der Waals surface area (Å²) >= 11 is 9.52. The van der Waals surface area contributed by atoms with Crippen LogP contribution in [0.5, 0.6) is 0 Å². The number of halogens is 1. The lowest BCUT2D eigenvalue weighted by Gasteiger charge is -2.06. The lowest BCUT2D eigenvalue weighted by molar-refractivity contribution is 0.466. The van der Waals surface area contributed by atoms with Crippen molar-refractivity contribution in [2.45, 2.75) is 22.8 Å². The number of hydrogen-bond donors (Lipinski definition) is 0. The Morgan fingerprint density at radius 2 is 1.85 bits per heavy atom. The van der Waals surface area contributed by atoms with Gasteiger partial charge in [-0.1, -0.05) is 47.1 Å². The maximum absolute atomic E-state index is 6.38. The van der Waals surface area contributed by atoms with E-state index in [1.54, 1.807) is 11.8 Å². The van der Waals surface area contributed by atoms with Gasteiger partial charge in [-0.2, -0.15) is 0 Å². The second kappa shape index (κ2) is 7.92. The highest BCUT2D eigenvalue weighted by Crippen LogP contribution is 2.30. The molecule has 0 bridgehead atoms. The molecule has 136 valence electrons. The van der Waals surface area contributed by atoms with Crippen molar-refractivity contribution in [3.8, 4) is 11.5 Å². The summed E-state index contributed by atoms with van der Waals surface area (Å²) in [6.45, 7) is 2.04.